The van der Waals surface area contributed by atoms with Gasteiger partial charge in [-0.3, -0.25) is 14.5 Å². The SMILES string of the molecule is CC(C)C(=O)N1C[C@@H]2CCCN3CCC[C@@H]([C@H]23)[C@H]1CCCC(=O)NCC1CC1. The minimum absolute atomic E-state index is 0.0594. The van der Waals surface area contributed by atoms with Crippen LogP contribution in [-0.4, -0.2) is 59.9 Å². The molecule has 4 atom stereocenters. The van der Waals surface area contributed by atoms with Crippen LogP contribution in [0.4, 0.5) is 0 Å². The zero-order valence-electron chi connectivity index (χ0n) is 17.9. The number of hydrogen-bond acceptors (Lipinski definition) is 3. The van der Waals surface area contributed by atoms with Gasteiger partial charge in [-0.05, 0) is 82.2 Å². The van der Waals surface area contributed by atoms with E-state index in [9.17, 15) is 9.59 Å². The number of nitrogens with zero attached hydrogens (tertiary/aromatic N) is 2. The maximum atomic E-state index is 13.1. The van der Waals surface area contributed by atoms with Crippen LogP contribution in [0, 0.1) is 23.7 Å². The van der Waals surface area contributed by atoms with Crippen LogP contribution < -0.4 is 5.32 Å². The lowest BCUT2D eigenvalue weighted by molar-refractivity contribution is -0.149. The zero-order valence-corrected chi connectivity index (χ0v) is 17.9. The molecule has 0 unspecified atom stereocenters. The van der Waals surface area contributed by atoms with Crippen LogP contribution in [0.2, 0.25) is 0 Å². The van der Waals surface area contributed by atoms with E-state index in [0.717, 1.165) is 31.8 Å². The van der Waals surface area contributed by atoms with E-state index in [1.165, 1.54) is 51.6 Å². The van der Waals surface area contributed by atoms with E-state index >= 15 is 0 Å². The van der Waals surface area contributed by atoms with Crippen molar-refractivity contribution in [3.63, 3.8) is 0 Å². The maximum Gasteiger partial charge on any atom is 0.225 e. The first-order chi connectivity index (χ1) is 13.5. The van der Waals surface area contributed by atoms with Gasteiger partial charge in [0.2, 0.25) is 11.8 Å². The van der Waals surface area contributed by atoms with Gasteiger partial charge in [0.25, 0.3) is 0 Å². The number of amides is 2. The fourth-order valence-electron chi connectivity index (χ4n) is 6.09. The summed E-state index contributed by atoms with van der Waals surface area (Å²) in [6, 6.07) is 1.00. The Hall–Kier alpha value is -1.10. The quantitative estimate of drug-likeness (QED) is 0.728. The highest BCUT2D eigenvalue weighted by atomic mass is 16.2. The van der Waals surface area contributed by atoms with Crippen LogP contribution in [0.3, 0.4) is 0 Å². The van der Waals surface area contributed by atoms with Gasteiger partial charge in [-0.25, -0.2) is 0 Å². The Morgan fingerprint density at radius 2 is 1.82 bits per heavy atom. The lowest BCUT2D eigenvalue weighted by atomic mass is 9.69. The van der Waals surface area contributed by atoms with Gasteiger partial charge in [-0.2, -0.15) is 0 Å². The normalized spacial score (nSPS) is 32.9. The molecule has 0 aromatic rings. The first-order valence-electron chi connectivity index (χ1n) is 11.9. The summed E-state index contributed by atoms with van der Waals surface area (Å²) in [6.45, 7) is 8.35. The Balaban J connectivity index is 1.41. The van der Waals surface area contributed by atoms with Crippen molar-refractivity contribution in [2.45, 2.75) is 83.7 Å². The van der Waals surface area contributed by atoms with Gasteiger partial charge in [-0.15, -0.1) is 0 Å². The standard InChI is InChI=1S/C23H39N3O2/c1-16(2)23(28)26-15-18-6-4-12-25-13-5-7-19(22(18)25)20(26)8-3-9-21(27)24-14-17-10-11-17/h16-20,22H,3-15H2,1-2H3,(H,24,27)/t18-,19+,20+,22-/m0/s1. The van der Waals surface area contributed by atoms with Crippen molar-refractivity contribution < 1.29 is 9.59 Å². The van der Waals surface area contributed by atoms with Crippen molar-refractivity contribution in [3.05, 3.63) is 0 Å². The van der Waals surface area contributed by atoms with Crippen molar-refractivity contribution >= 4 is 11.8 Å². The van der Waals surface area contributed by atoms with Gasteiger partial charge in [0.1, 0.15) is 0 Å². The predicted molar refractivity (Wildman–Crippen MR) is 111 cm³/mol. The van der Waals surface area contributed by atoms with Crippen LogP contribution in [0.15, 0.2) is 0 Å². The molecule has 4 aliphatic rings. The van der Waals surface area contributed by atoms with E-state index in [0.29, 0.717) is 36.2 Å². The molecule has 3 aliphatic heterocycles. The zero-order chi connectivity index (χ0) is 19.7. The molecule has 0 bridgehead atoms. The topological polar surface area (TPSA) is 52.7 Å². The van der Waals surface area contributed by atoms with Crippen LogP contribution in [0.25, 0.3) is 0 Å². The Kier molecular flexibility index (Phi) is 6.29. The Labute approximate surface area is 170 Å². The van der Waals surface area contributed by atoms with Crippen LogP contribution in [0.5, 0.6) is 0 Å². The van der Waals surface area contributed by atoms with E-state index in [2.05, 4.69) is 15.1 Å². The summed E-state index contributed by atoms with van der Waals surface area (Å²) in [4.78, 5) is 30.2. The van der Waals surface area contributed by atoms with Crippen molar-refractivity contribution in [1.82, 2.24) is 15.1 Å². The number of nitrogens with one attached hydrogen (secondary N) is 1. The van der Waals surface area contributed by atoms with Gasteiger partial charge in [0.15, 0.2) is 0 Å². The first kappa shape index (κ1) is 20.2. The molecule has 4 rings (SSSR count). The second-order valence-corrected chi connectivity index (χ2v) is 10.1. The molecule has 5 heteroatoms. The molecule has 5 nitrogen and oxygen atoms in total. The predicted octanol–water partition coefficient (Wildman–Crippen LogP) is 3.04. The second kappa shape index (κ2) is 8.73. The number of hydrogen-bond donors (Lipinski definition) is 1. The summed E-state index contributed by atoms with van der Waals surface area (Å²) in [7, 11) is 0. The smallest absolute Gasteiger partial charge is 0.225 e. The van der Waals surface area contributed by atoms with Gasteiger partial charge in [0.05, 0.1) is 0 Å². The Morgan fingerprint density at radius 1 is 1.07 bits per heavy atom. The monoisotopic (exact) mass is 389 g/mol. The molecule has 3 heterocycles. The van der Waals surface area contributed by atoms with Crippen LogP contribution in [0.1, 0.15) is 71.6 Å². The highest BCUT2D eigenvalue weighted by Crippen LogP contribution is 2.43. The van der Waals surface area contributed by atoms with Crippen molar-refractivity contribution in [2.75, 3.05) is 26.2 Å². The molecule has 1 N–H and O–H groups in total. The molecular weight excluding hydrogens is 350 g/mol. The minimum atomic E-state index is 0.0594. The fraction of sp³-hybridized carbons (Fsp3) is 0.913. The van der Waals surface area contributed by atoms with E-state index in [-0.39, 0.29) is 11.8 Å². The molecule has 0 spiro atoms. The maximum absolute atomic E-state index is 13.1. The highest BCUT2D eigenvalue weighted by Gasteiger charge is 2.49. The summed E-state index contributed by atoms with van der Waals surface area (Å²) in [5, 5.41) is 3.10. The number of carbonyl (C=O) groups excluding carboxylic acids is 2. The molecule has 0 radical (unpaired) electrons. The fourth-order valence-corrected chi connectivity index (χ4v) is 6.09. The number of piperidine rings is 3. The third-order valence-corrected chi connectivity index (χ3v) is 7.64. The third-order valence-electron chi connectivity index (χ3n) is 7.64. The molecule has 3 saturated heterocycles. The van der Waals surface area contributed by atoms with Gasteiger partial charge >= 0.3 is 0 Å². The molecular formula is C23H39N3O2. The average Bonchev–Trinajstić information content (AvgIpc) is 3.52. The van der Waals surface area contributed by atoms with Gasteiger partial charge in [-0.1, -0.05) is 13.8 Å². The summed E-state index contributed by atoms with van der Waals surface area (Å²) >= 11 is 0. The largest absolute Gasteiger partial charge is 0.356 e. The third kappa shape index (κ3) is 4.39. The molecule has 4 fully saturated rings. The number of carbonyl (C=O) groups is 2. The van der Waals surface area contributed by atoms with Crippen LogP contribution in [-0.2, 0) is 9.59 Å². The molecule has 2 amide bonds. The lowest BCUT2D eigenvalue weighted by Crippen LogP contribution is -2.66. The van der Waals surface area contributed by atoms with Crippen molar-refractivity contribution in [2.24, 2.45) is 23.7 Å². The van der Waals surface area contributed by atoms with Crippen molar-refractivity contribution in [3.8, 4) is 0 Å². The van der Waals surface area contributed by atoms with Gasteiger partial charge in [0, 0.05) is 37.5 Å². The molecule has 0 aromatic heterocycles. The summed E-state index contributed by atoms with van der Waals surface area (Å²) in [5.41, 5.74) is 0. The average molecular weight is 390 g/mol. The molecule has 0 aromatic carbocycles. The van der Waals surface area contributed by atoms with E-state index in [4.69, 9.17) is 0 Å². The first-order valence-corrected chi connectivity index (χ1v) is 11.9. The summed E-state index contributed by atoms with van der Waals surface area (Å²) in [5.74, 6) is 2.57. The lowest BCUT2D eigenvalue weighted by Gasteiger charge is -2.57. The van der Waals surface area contributed by atoms with Crippen molar-refractivity contribution in [1.29, 1.82) is 0 Å². The molecule has 1 saturated carbocycles. The Bertz CT molecular complexity index is 572. The Morgan fingerprint density at radius 3 is 2.54 bits per heavy atom. The van der Waals surface area contributed by atoms with E-state index in [1.807, 2.05) is 13.8 Å². The van der Waals surface area contributed by atoms with Crippen LogP contribution >= 0.6 is 0 Å². The van der Waals surface area contributed by atoms with E-state index in [1.54, 1.807) is 0 Å². The molecule has 28 heavy (non-hydrogen) atoms. The summed E-state index contributed by atoms with van der Waals surface area (Å²) < 4.78 is 0. The van der Waals surface area contributed by atoms with E-state index < -0.39 is 0 Å². The number of likely N-dealkylation sites (tertiary alicyclic amines) is 1. The summed E-state index contributed by atoms with van der Waals surface area (Å²) in [6.07, 6.45) is 10.1. The number of rotatable bonds is 7. The minimum Gasteiger partial charge on any atom is -0.356 e. The second-order valence-electron chi connectivity index (χ2n) is 10.1. The highest BCUT2D eigenvalue weighted by molar-refractivity contribution is 5.78. The molecule has 158 valence electrons. The van der Waals surface area contributed by atoms with Gasteiger partial charge < -0.3 is 10.2 Å². The molecule has 1 aliphatic carbocycles.